The smallest absolute Gasteiger partial charge is 0.308 e. The largest absolute Gasteiger partial charge is 0.427 e. The molecular weight excluding hydrogens is 385 g/mol. The van der Waals surface area contributed by atoms with E-state index in [-0.39, 0.29) is 11.8 Å². The molecule has 0 saturated heterocycles. The van der Waals surface area contributed by atoms with Crippen LogP contribution >= 0.6 is 23.2 Å². The Morgan fingerprint density at radius 3 is 2.63 bits per heavy atom. The van der Waals surface area contributed by atoms with Gasteiger partial charge in [0.25, 0.3) is 5.91 Å². The highest BCUT2D eigenvalue weighted by atomic mass is 35.5. The van der Waals surface area contributed by atoms with Crippen molar-refractivity contribution in [1.82, 2.24) is 5.32 Å². The van der Waals surface area contributed by atoms with Crippen molar-refractivity contribution in [2.24, 2.45) is 0 Å². The number of halogens is 2. The van der Waals surface area contributed by atoms with Gasteiger partial charge in [-0.05, 0) is 48.7 Å². The number of carbonyl (C=O) groups is 2. The zero-order valence-corrected chi connectivity index (χ0v) is 16.5. The van der Waals surface area contributed by atoms with Crippen LogP contribution in [0.3, 0.4) is 0 Å². The third-order valence-corrected chi connectivity index (χ3v) is 5.61. The summed E-state index contributed by atoms with van der Waals surface area (Å²) in [7, 11) is 0. The summed E-state index contributed by atoms with van der Waals surface area (Å²) in [6.07, 6.45) is 2.44. The molecule has 0 radical (unpaired) electrons. The minimum absolute atomic E-state index is 0.102. The molecule has 2 unspecified atom stereocenters. The van der Waals surface area contributed by atoms with E-state index in [4.69, 9.17) is 27.9 Å². The molecule has 1 N–H and O–H groups in total. The summed E-state index contributed by atoms with van der Waals surface area (Å²) < 4.78 is 5.11. The van der Waals surface area contributed by atoms with Gasteiger partial charge in [0.05, 0.1) is 15.6 Å². The average Bonchev–Trinajstić information content (AvgIpc) is 2.86. The molecule has 140 valence electrons. The number of fused-ring (bicyclic) bond motifs is 1. The van der Waals surface area contributed by atoms with Crippen LogP contribution in [-0.4, -0.2) is 11.9 Å². The van der Waals surface area contributed by atoms with E-state index in [0.717, 1.165) is 11.1 Å². The molecule has 3 rings (SSSR count). The van der Waals surface area contributed by atoms with Gasteiger partial charge in [0.1, 0.15) is 5.75 Å². The van der Waals surface area contributed by atoms with E-state index in [1.165, 1.54) is 6.92 Å². The Kier molecular flexibility index (Phi) is 5.31. The number of ether oxygens (including phenoxy) is 1. The highest BCUT2D eigenvalue weighted by Gasteiger charge is 2.45. The zero-order chi connectivity index (χ0) is 19.8. The fraction of sp³-hybridized carbons (Fsp3) is 0.238. The lowest BCUT2D eigenvalue weighted by Crippen LogP contribution is -2.41. The summed E-state index contributed by atoms with van der Waals surface area (Å²) in [6, 6.07) is 10.6. The van der Waals surface area contributed by atoms with Crippen molar-refractivity contribution in [2.75, 3.05) is 0 Å². The predicted octanol–water partition coefficient (Wildman–Crippen LogP) is 5.24. The first-order chi connectivity index (χ1) is 12.8. The lowest BCUT2D eigenvalue weighted by molar-refractivity contribution is -0.131. The summed E-state index contributed by atoms with van der Waals surface area (Å²) in [4.78, 5) is 23.9. The Morgan fingerprint density at radius 2 is 2.00 bits per heavy atom. The molecule has 1 amide bonds. The molecule has 2 atom stereocenters. The Balaban J connectivity index is 2.09. The van der Waals surface area contributed by atoms with Crippen LogP contribution in [0.2, 0.25) is 10.0 Å². The van der Waals surface area contributed by atoms with Gasteiger partial charge in [0, 0.05) is 18.4 Å². The number of nitrogens with one attached hydrogen (secondary N) is 1. The van der Waals surface area contributed by atoms with Crippen LogP contribution in [0.5, 0.6) is 5.75 Å². The molecule has 0 aliphatic carbocycles. The lowest BCUT2D eigenvalue weighted by atomic mass is 9.75. The minimum atomic E-state index is -0.674. The van der Waals surface area contributed by atoms with Gasteiger partial charge in [-0.1, -0.05) is 41.4 Å². The first-order valence-corrected chi connectivity index (χ1v) is 9.23. The molecule has 0 saturated carbocycles. The number of rotatable bonds is 5. The van der Waals surface area contributed by atoms with Gasteiger partial charge in [-0.15, -0.1) is 6.58 Å². The normalized spacial score (nSPS) is 19.2. The van der Waals surface area contributed by atoms with Crippen LogP contribution in [0.25, 0.3) is 0 Å². The van der Waals surface area contributed by atoms with E-state index in [9.17, 15) is 9.59 Å². The number of allylic oxidation sites excluding steroid dienone is 1. The molecule has 0 fully saturated rings. The quantitative estimate of drug-likeness (QED) is 0.421. The highest BCUT2D eigenvalue weighted by molar-refractivity contribution is 6.42. The Bertz CT molecular complexity index is 941. The molecule has 1 aliphatic heterocycles. The molecule has 27 heavy (non-hydrogen) atoms. The minimum Gasteiger partial charge on any atom is -0.427 e. The molecule has 1 heterocycles. The molecule has 4 nitrogen and oxygen atoms in total. The van der Waals surface area contributed by atoms with Crippen LogP contribution in [-0.2, 0) is 10.3 Å². The molecule has 0 aromatic heterocycles. The Hall–Kier alpha value is -2.30. The molecule has 0 bridgehead atoms. The van der Waals surface area contributed by atoms with Crippen LogP contribution in [0.1, 0.15) is 47.7 Å². The highest BCUT2D eigenvalue weighted by Crippen LogP contribution is 2.45. The second-order valence-electron chi connectivity index (χ2n) is 6.71. The summed E-state index contributed by atoms with van der Waals surface area (Å²) in [5.41, 5.74) is 1.60. The molecule has 0 spiro atoms. The number of amides is 1. The number of hydrogen-bond donors (Lipinski definition) is 1. The maximum atomic E-state index is 12.7. The van der Waals surface area contributed by atoms with Gasteiger partial charge in [0.15, 0.2) is 0 Å². The van der Waals surface area contributed by atoms with Crippen LogP contribution in [0.15, 0.2) is 49.1 Å². The summed E-state index contributed by atoms with van der Waals surface area (Å²) in [5.74, 6) is -0.405. The van der Waals surface area contributed by atoms with Gasteiger partial charge in [-0.2, -0.15) is 0 Å². The summed E-state index contributed by atoms with van der Waals surface area (Å²) in [5, 5.41) is 4.03. The fourth-order valence-electron chi connectivity index (χ4n) is 3.64. The molecular formula is C21H19Cl2NO3. The van der Waals surface area contributed by atoms with E-state index in [0.29, 0.717) is 27.8 Å². The Morgan fingerprint density at radius 1 is 1.26 bits per heavy atom. The van der Waals surface area contributed by atoms with Gasteiger partial charge in [-0.3, -0.25) is 9.59 Å². The molecule has 2 aromatic rings. The maximum Gasteiger partial charge on any atom is 0.308 e. The lowest BCUT2D eigenvalue weighted by Gasteiger charge is -2.35. The van der Waals surface area contributed by atoms with E-state index in [1.807, 2.05) is 31.2 Å². The predicted molar refractivity (Wildman–Crippen MR) is 107 cm³/mol. The van der Waals surface area contributed by atoms with Crippen molar-refractivity contribution in [3.05, 3.63) is 75.8 Å². The third kappa shape index (κ3) is 3.60. The summed E-state index contributed by atoms with van der Waals surface area (Å²) in [6.45, 7) is 7.15. The number of esters is 1. The second-order valence-corrected chi connectivity index (χ2v) is 7.52. The van der Waals surface area contributed by atoms with Gasteiger partial charge < -0.3 is 10.1 Å². The first-order valence-electron chi connectivity index (χ1n) is 8.47. The van der Waals surface area contributed by atoms with Crippen LogP contribution in [0, 0.1) is 0 Å². The number of hydrogen-bond acceptors (Lipinski definition) is 3. The first kappa shape index (κ1) is 19.5. The van der Waals surface area contributed by atoms with E-state index in [2.05, 4.69) is 11.9 Å². The van der Waals surface area contributed by atoms with E-state index < -0.39 is 11.5 Å². The molecule has 6 heteroatoms. The second kappa shape index (κ2) is 7.37. The van der Waals surface area contributed by atoms with Crippen molar-refractivity contribution >= 4 is 35.1 Å². The maximum absolute atomic E-state index is 12.7. The van der Waals surface area contributed by atoms with Gasteiger partial charge in [0.2, 0.25) is 0 Å². The number of carbonyl (C=O) groups excluding carboxylic acids is 2. The number of benzene rings is 2. The van der Waals surface area contributed by atoms with Crippen molar-refractivity contribution in [2.45, 2.75) is 31.7 Å². The van der Waals surface area contributed by atoms with Crippen LogP contribution in [0.4, 0.5) is 0 Å². The van der Waals surface area contributed by atoms with Gasteiger partial charge in [-0.25, -0.2) is 0 Å². The third-order valence-electron chi connectivity index (χ3n) is 4.88. The Labute approximate surface area is 168 Å². The standard InChI is InChI=1S/C21H19Cl2NO3/c1-4-5-16(13-6-9-18(22)19(23)10-13)21(3)17-8-7-14(27-12(2)25)11-15(17)20(26)24-21/h4,6-11,16H,1,5H2,2-3H3,(H,24,26). The van der Waals surface area contributed by atoms with Crippen molar-refractivity contribution in [3.63, 3.8) is 0 Å². The molecule has 1 aliphatic rings. The summed E-state index contributed by atoms with van der Waals surface area (Å²) >= 11 is 12.3. The van der Waals surface area contributed by atoms with Crippen LogP contribution < -0.4 is 10.1 Å². The van der Waals surface area contributed by atoms with Gasteiger partial charge >= 0.3 is 5.97 Å². The van der Waals surface area contributed by atoms with Crippen molar-refractivity contribution < 1.29 is 14.3 Å². The fourth-order valence-corrected chi connectivity index (χ4v) is 3.95. The zero-order valence-electron chi connectivity index (χ0n) is 15.0. The SMILES string of the molecule is C=CCC(c1ccc(Cl)c(Cl)c1)C1(C)NC(=O)c2cc(OC(C)=O)ccc21. The van der Waals surface area contributed by atoms with E-state index >= 15 is 0 Å². The van der Waals surface area contributed by atoms with Crippen molar-refractivity contribution in [1.29, 1.82) is 0 Å². The molecule has 2 aromatic carbocycles. The average molecular weight is 404 g/mol. The van der Waals surface area contributed by atoms with Crippen molar-refractivity contribution in [3.8, 4) is 5.75 Å². The van der Waals surface area contributed by atoms with E-state index in [1.54, 1.807) is 18.2 Å². The monoisotopic (exact) mass is 403 g/mol. The topological polar surface area (TPSA) is 55.4 Å².